The van der Waals surface area contributed by atoms with Crippen molar-refractivity contribution >= 4 is 28.1 Å². The van der Waals surface area contributed by atoms with Gasteiger partial charge in [-0.15, -0.1) is 12.4 Å². The first kappa shape index (κ1) is 29.9. The molecule has 214 valence electrons. The molecule has 8 nitrogen and oxygen atoms in total. The summed E-state index contributed by atoms with van der Waals surface area (Å²) in [5.74, 6) is -1.37. The van der Waals surface area contributed by atoms with Crippen LogP contribution in [-0.2, 0) is 27.7 Å². The van der Waals surface area contributed by atoms with E-state index in [1.807, 2.05) is 25.3 Å². The van der Waals surface area contributed by atoms with Gasteiger partial charge in [0, 0.05) is 39.3 Å². The molecule has 12 heteroatoms. The highest BCUT2D eigenvalue weighted by Crippen LogP contribution is 2.33. The number of methoxy groups -OCH3 is 1. The fraction of sp³-hybridized carbons (Fsp3) is 0.321. The number of aromatic nitrogens is 2. The average molecular weight is 593 g/mol. The number of fused-ring (bicyclic) bond motifs is 1. The Kier molecular flexibility index (Phi) is 9.11. The van der Waals surface area contributed by atoms with E-state index in [1.165, 1.54) is 14.2 Å². The van der Waals surface area contributed by atoms with E-state index in [2.05, 4.69) is 10.3 Å². The Bertz CT molecular complexity index is 1580. The van der Waals surface area contributed by atoms with E-state index in [9.17, 15) is 8.42 Å². The van der Waals surface area contributed by atoms with Crippen LogP contribution in [0.15, 0.2) is 59.6 Å². The number of nitrogens with one attached hydrogen (secondary N) is 1. The Morgan fingerprint density at radius 3 is 2.48 bits per heavy atom. The van der Waals surface area contributed by atoms with Crippen molar-refractivity contribution < 1.29 is 26.7 Å². The Morgan fingerprint density at radius 1 is 1.15 bits per heavy atom. The zero-order chi connectivity index (χ0) is 27.7. The molecule has 1 aliphatic rings. The van der Waals surface area contributed by atoms with Gasteiger partial charge >= 0.3 is 0 Å². The fourth-order valence-corrected chi connectivity index (χ4v) is 5.92. The summed E-state index contributed by atoms with van der Waals surface area (Å²) in [6.45, 7) is 3.80. The van der Waals surface area contributed by atoms with Gasteiger partial charge in [0.05, 0.1) is 41.7 Å². The number of pyridine rings is 1. The minimum absolute atomic E-state index is 0. The third kappa shape index (κ3) is 5.98. The standard InChI is InChI=1S/C28H30F2N4O4S.ClH/c1-18-8-10-34-25(13-21-16-31-9-11-38-21)28(32-26(34)12-18)27-23(29)14-22(15-24(27)30)39(35,36)33(2)17-19-4-6-20(37-3)7-5-19;/h4-8,10,12,14-15,21,31H,9,11,13,16-17H2,1-3H3;1H/t21-;/m0./s1. The molecular weight excluding hydrogens is 562 g/mol. The highest BCUT2D eigenvalue weighted by Gasteiger charge is 2.28. The Balaban J connectivity index is 0.00000370. The Morgan fingerprint density at radius 2 is 1.85 bits per heavy atom. The molecule has 0 bridgehead atoms. The Labute approximate surface area is 238 Å². The van der Waals surface area contributed by atoms with Gasteiger partial charge in [-0.2, -0.15) is 4.31 Å². The highest BCUT2D eigenvalue weighted by molar-refractivity contribution is 7.89. The number of halogens is 3. The minimum atomic E-state index is -4.19. The number of hydrogen-bond donors (Lipinski definition) is 1. The Hall–Kier alpha value is -3.09. The van der Waals surface area contributed by atoms with Gasteiger partial charge in [-0.05, 0) is 54.4 Å². The molecule has 1 fully saturated rings. The number of ether oxygens (including phenoxy) is 2. The van der Waals surface area contributed by atoms with Gasteiger partial charge in [0.15, 0.2) is 0 Å². The summed E-state index contributed by atoms with van der Waals surface area (Å²) in [6, 6.07) is 12.3. The van der Waals surface area contributed by atoms with Crippen molar-refractivity contribution in [2.24, 2.45) is 0 Å². The first-order valence-corrected chi connectivity index (χ1v) is 14.0. The lowest BCUT2D eigenvalue weighted by Gasteiger charge is -2.24. The molecule has 4 aromatic rings. The third-order valence-electron chi connectivity index (χ3n) is 6.83. The lowest BCUT2D eigenvalue weighted by molar-refractivity contribution is 0.0286. The van der Waals surface area contributed by atoms with Crippen molar-refractivity contribution in [2.75, 3.05) is 33.9 Å². The summed E-state index contributed by atoms with van der Waals surface area (Å²) in [6.07, 6.45) is 1.99. The summed E-state index contributed by atoms with van der Waals surface area (Å²) in [4.78, 5) is 4.09. The van der Waals surface area contributed by atoms with Gasteiger partial charge in [0.2, 0.25) is 10.0 Å². The molecule has 0 unspecified atom stereocenters. The van der Waals surface area contributed by atoms with Gasteiger partial charge in [-0.1, -0.05) is 12.1 Å². The van der Waals surface area contributed by atoms with E-state index in [0.29, 0.717) is 42.2 Å². The van der Waals surface area contributed by atoms with E-state index in [4.69, 9.17) is 9.47 Å². The van der Waals surface area contributed by atoms with Crippen LogP contribution in [0.25, 0.3) is 16.9 Å². The van der Waals surface area contributed by atoms with Gasteiger partial charge in [-0.25, -0.2) is 22.2 Å². The summed E-state index contributed by atoms with van der Waals surface area (Å²) in [5.41, 5.74) is 2.53. The first-order valence-electron chi connectivity index (χ1n) is 12.6. The SMILES string of the molecule is COc1ccc(CN(C)S(=O)(=O)c2cc(F)c(-c3nc4cc(C)ccn4c3C[C@H]3CNCCO3)c(F)c2)cc1.Cl. The van der Waals surface area contributed by atoms with Crippen molar-refractivity contribution in [1.29, 1.82) is 0 Å². The summed E-state index contributed by atoms with van der Waals surface area (Å²) < 4.78 is 71.6. The second-order valence-corrected chi connectivity index (χ2v) is 11.7. The number of imidazole rings is 1. The van der Waals surface area contributed by atoms with E-state index < -0.39 is 26.6 Å². The average Bonchev–Trinajstić information content (AvgIpc) is 3.25. The lowest BCUT2D eigenvalue weighted by atomic mass is 10.0. The van der Waals surface area contributed by atoms with E-state index >= 15 is 8.78 Å². The topological polar surface area (TPSA) is 85.2 Å². The molecule has 1 atom stereocenters. The van der Waals surface area contributed by atoms with Gasteiger partial charge in [0.25, 0.3) is 0 Å². The molecule has 0 amide bonds. The quantitative estimate of drug-likeness (QED) is 0.327. The van der Waals surface area contributed by atoms with E-state index in [1.54, 1.807) is 28.7 Å². The molecule has 5 rings (SSSR count). The molecule has 40 heavy (non-hydrogen) atoms. The van der Waals surface area contributed by atoms with Crippen LogP contribution in [0.2, 0.25) is 0 Å². The molecule has 0 saturated carbocycles. The van der Waals surface area contributed by atoms with E-state index in [0.717, 1.165) is 28.5 Å². The number of rotatable bonds is 8. The highest BCUT2D eigenvalue weighted by atomic mass is 35.5. The van der Waals surface area contributed by atoms with Crippen LogP contribution < -0.4 is 10.1 Å². The maximum Gasteiger partial charge on any atom is 0.243 e. The monoisotopic (exact) mass is 592 g/mol. The van der Waals surface area contributed by atoms with Crippen LogP contribution in [-0.4, -0.2) is 62.1 Å². The number of nitrogens with zero attached hydrogens (tertiary/aromatic N) is 3. The smallest absolute Gasteiger partial charge is 0.243 e. The van der Waals surface area contributed by atoms with Crippen molar-refractivity contribution in [3.8, 4) is 17.0 Å². The zero-order valence-corrected chi connectivity index (χ0v) is 24.0. The fourth-order valence-electron chi connectivity index (χ4n) is 4.74. The second-order valence-electron chi connectivity index (χ2n) is 9.61. The molecule has 3 heterocycles. The van der Waals surface area contributed by atoms with Crippen molar-refractivity contribution in [3.63, 3.8) is 0 Å². The van der Waals surface area contributed by atoms with Crippen LogP contribution in [0.1, 0.15) is 16.8 Å². The van der Waals surface area contributed by atoms with Crippen molar-refractivity contribution in [3.05, 3.63) is 83.2 Å². The maximum atomic E-state index is 15.6. The largest absolute Gasteiger partial charge is 0.497 e. The maximum absolute atomic E-state index is 15.6. The third-order valence-corrected chi connectivity index (χ3v) is 8.61. The molecule has 1 saturated heterocycles. The zero-order valence-electron chi connectivity index (χ0n) is 22.4. The molecule has 0 spiro atoms. The van der Waals surface area contributed by atoms with Gasteiger partial charge < -0.3 is 19.2 Å². The predicted molar refractivity (Wildman–Crippen MR) is 150 cm³/mol. The molecule has 1 aliphatic heterocycles. The number of sulfonamides is 1. The van der Waals surface area contributed by atoms with Crippen LogP contribution >= 0.6 is 12.4 Å². The molecular formula is C28H31ClF2N4O4S. The van der Waals surface area contributed by atoms with Crippen LogP contribution in [0.3, 0.4) is 0 Å². The number of hydrogen-bond acceptors (Lipinski definition) is 6. The number of morpholine rings is 1. The van der Waals surface area contributed by atoms with Crippen molar-refractivity contribution in [2.45, 2.75) is 30.9 Å². The van der Waals surface area contributed by atoms with Crippen molar-refractivity contribution in [1.82, 2.24) is 19.0 Å². The lowest BCUT2D eigenvalue weighted by Crippen LogP contribution is -2.39. The normalized spacial score (nSPS) is 15.8. The number of aryl methyl sites for hydroxylation is 1. The number of benzene rings is 2. The summed E-state index contributed by atoms with van der Waals surface area (Å²) >= 11 is 0. The van der Waals surface area contributed by atoms with Crippen LogP contribution in [0.5, 0.6) is 5.75 Å². The molecule has 2 aromatic heterocycles. The second kappa shape index (κ2) is 12.2. The molecule has 0 aliphatic carbocycles. The van der Waals surface area contributed by atoms with Crippen LogP contribution in [0, 0.1) is 18.6 Å². The molecule has 2 aromatic carbocycles. The molecule has 0 radical (unpaired) electrons. The van der Waals surface area contributed by atoms with Gasteiger partial charge in [0.1, 0.15) is 23.0 Å². The summed E-state index contributed by atoms with van der Waals surface area (Å²) in [5, 5.41) is 3.26. The van der Waals surface area contributed by atoms with E-state index in [-0.39, 0.29) is 36.3 Å². The predicted octanol–water partition coefficient (Wildman–Crippen LogP) is 4.37. The summed E-state index contributed by atoms with van der Waals surface area (Å²) in [7, 11) is -1.29. The first-order chi connectivity index (χ1) is 18.7. The minimum Gasteiger partial charge on any atom is -0.497 e. The van der Waals surface area contributed by atoms with Gasteiger partial charge in [-0.3, -0.25) is 0 Å². The van der Waals surface area contributed by atoms with Crippen LogP contribution in [0.4, 0.5) is 8.78 Å². The molecule has 1 N–H and O–H groups in total.